The molecule has 2 aromatic heterocycles. The summed E-state index contributed by atoms with van der Waals surface area (Å²) in [6, 6.07) is 5.01. The highest BCUT2D eigenvalue weighted by Gasteiger charge is 2.65. The average molecular weight is 305 g/mol. The molecule has 3 rings (SSSR count). The highest BCUT2D eigenvalue weighted by Crippen LogP contribution is 2.47. The highest BCUT2D eigenvalue weighted by molar-refractivity contribution is 5.66. The lowest BCUT2D eigenvalue weighted by molar-refractivity contribution is -0.109. The first-order valence-corrected chi connectivity index (χ1v) is 6.58. The maximum Gasteiger partial charge on any atom is 0.228 e. The standard InChI is InChI=1S/C13H15N5O4/c1-12(21)10(20)8(4-19)22-13(12,5-14)9-3-2-7-11(15)16-6-17-18(7)9/h2-3,6,8,10,19-21H,4H2,1H3,(H2,15,16,17). The van der Waals surface area contributed by atoms with Crippen molar-refractivity contribution in [3.05, 3.63) is 24.2 Å². The third kappa shape index (κ3) is 1.60. The van der Waals surface area contributed by atoms with Crippen molar-refractivity contribution in [2.24, 2.45) is 0 Å². The third-order valence-electron chi connectivity index (χ3n) is 4.15. The van der Waals surface area contributed by atoms with Crippen LogP contribution in [-0.2, 0) is 10.3 Å². The second kappa shape index (κ2) is 4.62. The Bertz CT molecular complexity index is 767. The van der Waals surface area contributed by atoms with E-state index in [1.807, 2.05) is 6.07 Å². The van der Waals surface area contributed by atoms with Crippen LogP contribution in [-0.4, -0.2) is 54.3 Å². The molecule has 0 bridgehead atoms. The normalized spacial score (nSPS) is 34.9. The number of nitriles is 1. The zero-order valence-corrected chi connectivity index (χ0v) is 11.7. The summed E-state index contributed by atoms with van der Waals surface area (Å²) in [6.07, 6.45) is -1.33. The largest absolute Gasteiger partial charge is 0.394 e. The zero-order chi connectivity index (χ0) is 16.1. The quantitative estimate of drug-likeness (QED) is 0.525. The van der Waals surface area contributed by atoms with Gasteiger partial charge in [-0.25, -0.2) is 9.50 Å². The summed E-state index contributed by atoms with van der Waals surface area (Å²) in [5, 5.41) is 43.8. The first kappa shape index (κ1) is 14.7. The summed E-state index contributed by atoms with van der Waals surface area (Å²) in [6.45, 7) is 0.738. The van der Waals surface area contributed by atoms with Crippen LogP contribution in [0.5, 0.6) is 0 Å². The van der Waals surface area contributed by atoms with E-state index in [0.29, 0.717) is 5.52 Å². The molecule has 1 fully saturated rings. The fourth-order valence-electron chi connectivity index (χ4n) is 2.85. The number of aromatic nitrogens is 3. The van der Waals surface area contributed by atoms with Gasteiger partial charge in [0, 0.05) is 0 Å². The number of anilines is 1. The molecular formula is C13H15N5O4. The van der Waals surface area contributed by atoms with Gasteiger partial charge in [0.15, 0.2) is 5.82 Å². The summed E-state index contributed by atoms with van der Waals surface area (Å²) < 4.78 is 6.86. The molecule has 0 saturated carbocycles. The molecule has 9 heteroatoms. The van der Waals surface area contributed by atoms with Crippen LogP contribution in [0.4, 0.5) is 5.82 Å². The molecule has 0 amide bonds. The van der Waals surface area contributed by atoms with Gasteiger partial charge in [0.05, 0.1) is 12.3 Å². The average Bonchev–Trinajstić information content (AvgIpc) is 3.01. The fraction of sp³-hybridized carbons (Fsp3) is 0.462. The number of hydrogen-bond donors (Lipinski definition) is 4. The van der Waals surface area contributed by atoms with Crippen LogP contribution < -0.4 is 5.73 Å². The predicted molar refractivity (Wildman–Crippen MR) is 73.3 cm³/mol. The van der Waals surface area contributed by atoms with Crippen molar-refractivity contribution in [3.63, 3.8) is 0 Å². The molecular weight excluding hydrogens is 290 g/mol. The van der Waals surface area contributed by atoms with E-state index in [4.69, 9.17) is 10.5 Å². The second-order valence-corrected chi connectivity index (χ2v) is 5.39. The van der Waals surface area contributed by atoms with Gasteiger partial charge < -0.3 is 25.8 Å². The molecule has 2 aromatic rings. The third-order valence-corrected chi connectivity index (χ3v) is 4.15. The topological polar surface area (TPSA) is 150 Å². The van der Waals surface area contributed by atoms with Crippen LogP contribution in [0.3, 0.4) is 0 Å². The van der Waals surface area contributed by atoms with Gasteiger partial charge in [-0.1, -0.05) is 0 Å². The molecule has 9 nitrogen and oxygen atoms in total. The van der Waals surface area contributed by atoms with Crippen LogP contribution in [0.25, 0.3) is 5.52 Å². The maximum absolute atomic E-state index is 10.7. The molecule has 5 N–H and O–H groups in total. The van der Waals surface area contributed by atoms with E-state index < -0.39 is 30.0 Å². The number of aliphatic hydroxyl groups excluding tert-OH is 2. The van der Waals surface area contributed by atoms with Crippen LogP contribution in [0.15, 0.2) is 18.5 Å². The van der Waals surface area contributed by atoms with Crippen molar-refractivity contribution in [2.75, 3.05) is 12.3 Å². The van der Waals surface area contributed by atoms with Gasteiger partial charge in [-0.15, -0.1) is 0 Å². The van der Waals surface area contributed by atoms with Crippen molar-refractivity contribution in [1.29, 1.82) is 5.26 Å². The number of aliphatic hydroxyl groups is 3. The SMILES string of the molecule is CC1(O)C(O)C(CO)OC1(C#N)c1ccc2c(N)ncnn12. The molecule has 1 aliphatic heterocycles. The van der Waals surface area contributed by atoms with Crippen LogP contribution >= 0.6 is 0 Å². The molecule has 3 heterocycles. The van der Waals surface area contributed by atoms with Gasteiger partial charge in [0.2, 0.25) is 5.60 Å². The van der Waals surface area contributed by atoms with Gasteiger partial charge in [-0.3, -0.25) is 0 Å². The first-order chi connectivity index (χ1) is 10.4. The lowest BCUT2D eigenvalue weighted by atomic mass is 9.80. The van der Waals surface area contributed by atoms with Gasteiger partial charge in [-0.05, 0) is 19.1 Å². The Morgan fingerprint density at radius 3 is 2.86 bits per heavy atom. The summed E-state index contributed by atoms with van der Waals surface area (Å²) in [7, 11) is 0. The maximum atomic E-state index is 10.7. The Kier molecular flexibility index (Phi) is 3.08. The number of fused-ring (bicyclic) bond motifs is 1. The van der Waals surface area contributed by atoms with Crippen molar-refractivity contribution < 1.29 is 20.1 Å². The minimum absolute atomic E-state index is 0.194. The number of rotatable bonds is 2. The Balaban J connectivity index is 2.27. The van der Waals surface area contributed by atoms with E-state index >= 15 is 0 Å². The fourth-order valence-corrected chi connectivity index (χ4v) is 2.85. The number of nitrogen functional groups attached to an aromatic ring is 1. The highest BCUT2D eigenvalue weighted by atomic mass is 16.6. The molecule has 0 aromatic carbocycles. The smallest absolute Gasteiger partial charge is 0.228 e. The minimum atomic E-state index is -1.96. The van der Waals surface area contributed by atoms with E-state index in [9.17, 15) is 20.6 Å². The van der Waals surface area contributed by atoms with E-state index in [1.54, 1.807) is 6.07 Å². The predicted octanol–water partition coefficient (Wildman–Crippen LogP) is -1.47. The second-order valence-electron chi connectivity index (χ2n) is 5.39. The molecule has 1 saturated heterocycles. The number of hydrogen-bond acceptors (Lipinski definition) is 8. The van der Waals surface area contributed by atoms with Crippen molar-refractivity contribution in [1.82, 2.24) is 14.6 Å². The Morgan fingerprint density at radius 2 is 2.27 bits per heavy atom. The van der Waals surface area contributed by atoms with Crippen LogP contribution in [0, 0.1) is 11.3 Å². The van der Waals surface area contributed by atoms with Crippen molar-refractivity contribution in [2.45, 2.75) is 30.3 Å². The van der Waals surface area contributed by atoms with E-state index in [0.717, 1.165) is 0 Å². The monoisotopic (exact) mass is 305 g/mol. The molecule has 0 spiro atoms. The molecule has 1 aliphatic rings. The van der Waals surface area contributed by atoms with E-state index in [1.165, 1.54) is 23.8 Å². The lowest BCUT2D eigenvalue weighted by Gasteiger charge is -2.33. The van der Waals surface area contributed by atoms with Crippen LogP contribution in [0.2, 0.25) is 0 Å². The number of nitrogens with two attached hydrogens (primary N) is 1. The summed E-state index contributed by atoms with van der Waals surface area (Å²) in [4.78, 5) is 3.85. The Hall–Kier alpha value is -2.25. The van der Waals surface area contributed by atoms with Gasteiger partial charge in [0.25, 0.3) is 0 Å². The van der Waals surface area contributed by atoms with Gasteiger partial charge >= 0.3 is 0 Å². The molecule has 4 unspecified atom stereocenters. The zero-order valence-electron chi connectivity index (χ0n) is 11.7. The van der Waals surface area contributed by atoms with Gasteiger partial charge in [-0.2, -0.15) is 10.4 Å². The van der Waals surface area contributed by atoms with E-state index in [-0.39, 0.29) is 11.5 Å². The van der Waals surface area contributed by atoms with Crippen molar-refractivity contribution in [3.8, 4) is 6.07 Å². The Morgan fingerprint density at radius 1 is 1.55 bits per heavy atom. The molecule has 4 atom stereocenters. The summed E-state index contributed by atoms with van der Waals surface area (Å²) in [5.41, 5.74) is 2.52. The minimum Gasteiger partial charge on any atom is -0.394 e. The summed E-state index contributed by atoms with van der Waals surface area (Å²) in [5.74, 6) is 0.200. The molecule has 0 aliphatic carbocycles. The molecule has 116 valence electrons. The Labute approximate surface area is 125 Å². The molecule has 22 heavy (non-hydrogen) atoms. The number of nitrogens with zero attached hydrogens (tertiary/aromatic N) is 4. The number of ether oxygens (including phenoxy) is 1. The lowest BCUT2D eigenvalue weighted by Crippen LogP contribution is -2.52. The first-order valence-electron chi connectivity index (χ1n) is 6.58. The van der Waals surface area contributed by atoms with Crippen molar-refractivity contribution >= 4 is 11.3 Å². The van der Waals surface area contributed by atoms with E-state index in [2.05, 4.69) is 10.1 Å². The summed E-state index contributed by atoms with van der Waals surface area (Å²) >= 11 is 0. The van der Waals surface area contributed by atoms with Crippen LogP contribution in [0.1, 0.15) is 12.6 Å². The molecule has 0 radical (unpaired) electrons. The van der Waals surface area contributed by atoms with Gasteiger partial charge in [0.1, 0.15) is 35.7 Å².